The van der Waals surface area contributed by atoms with E-state index >= 15 is 0 Å². The van der Waals surface area contributed by atoms with Crippen molar-refractivity contribution in [3.63, 3.8) is 0 Å². The lowest BCUT2D eigenvalue weighted by atomic mass is 10.3. The molecule has 0 saturated carbocycles. The van der Waals surface area contributed by atoms with Crippen LogP contribution in [0.15, 0.2) is 40.1 Å². The minimum Gasteiger partial charge on any atom is -0.225 e. The van der Waals surface area contributed by atoms with Crippen LogP contribution in [-0.2, 0) is 20.0 Å². The van der Waals surface area contributed by atoms with Crippen LogP contribution >= 0.6 is 0 Å². The third kappa shape index (κ3) is 3.23. The summed E-state index contributed by atoms with van der Waals surface area (Å²) in [6.45, 7) is 0. The third-order valence-corrected chi connectivity index (χ3v) is 5.32. The lowest BCUT2D eigenvalue weighted by Gasteiger charge is -2.13. The molecule has 1 aromatic rings. The van der Waals surface area contributed by atoms with E-state index < -0.39 is 35.7 Å². The Morgan fingerprint density at radius 3 is 2.25 bits per heavy atom. The molecule has 3 N–H and O–H groups in total. The highest BCUT2D eigenvalue weighted by atomic mass is 32.2. The second-order valence-electron chi connectivity index (χ2n) is 4.40. The van der Waals surface area contributed by atoms with Crippen molar-refractivity contribution in [3.8, 4) is 0 Å². The van der Waals surface area contributed by atoms with Gasteiger partial charge in [-0.1, -0.05) is 12.2 Å². The highest BCUT2D eigenvalue weighted by molar-refractivity contribution is 7.89. The van der Waals surface area contributed by atoms with Crippen molar-refractivity contribution in [2.45, 2.75) is 28.7 Å². The van der Waals surface area contributed by atoms with Gasteiger partial charge >= 0.3 is 0 Å². The number of hydrogen-bond donors (Lipinski definition) is 2. The standard InChI is InChI=1S/C11H13FN2O4S2/c12-10-7-9(19(13,15)16)5-6-11(10)20(17,18)14-8-3-1-2-4-8/h1-2,5-8,14H,3-4H2,(H2,13,15,16). The number of halogens is 1. The molecule has 9 heteroatoms. The van der Waals surface area contributed by atoms with Crippen molar-refractivity contribution in [2.24, 2.45) is 5.14 Å². The molecular weight excluding hydrogens is 307 g/mol. The molecule has 0 aromatic heterocycles. The molecule has 1 aliphatic carbocycles. The highest BCUT2D eigenvalue weighted by Gasteiger charge is 2.24. The number of sulfonamides is 2. The van der Waals surface area contributed by atoms with Gasteiger partial charge in [-0.3, -0.25) is 0 Å². The van der Waals surface area contributed by atoms with Gasteiger partial charge in [-0.05, 0) is 31.0 Å². The number of nitrogens with one attached hydrogen (secondary N) is 1. The summed E-state index contributed by atoms with van der Waals surface area (Å²) in [5.41, 5.74) is 0. The van der Waals surface area contributed by atoms with Crippen molar-refractivity contribution in [3.05, 3.63) is 36.2 Å². The molecule has 0 amide bonds. The van der Waals surface area contributed by atoms with E-state index in [0.717, 1.165) is 12.1 Å². The number of hydrogen-bond acceptors (Lipinski definition) is 4. The number of rotatable bonds is 4. The lowest BCUT2D eigenvalue weighted by molar-refractivity contribution is 0.538. The molecule has 0 spiro atoms. The van der Waals surface area contributed by atoms with Gasteiger partial charge in [-0.25, -0.2) is 31.1 Å². The van der Waals surface area contributed by atoms with E-state index in [0.29, 0.717) is 18.9 Å². The van der Waals surface area contributed by atoms with Gasteiger partial charge in [-0.15, -0.1) is 0 Å². The fraction of sp³-hybridized carbons (Fsp3) is 0.273. The fourth-order valence-electron chi connectivity index (χ4n) is 1.87. The molecule has 2 rings (SSSR count). The van der Waals surface area contributed by atoms with E-state index in [4.69, 9.17) is 5.14 Å². The number of benzene rings is 1. The Morgan fingerprint density at radius 2 is 1.75 bits per heavy atom. The molecule has 1 aliphatic rings. The smallest absolute Gasteiger partial charge is 0.225 e. The van der Waals surface area contributed by atoms with E-state index in [1.54, 1.807) is 0 Å². The van der Waals surface area contributed by atoms with Crippen LogP contribution in [0.3, 0.4) is 0 Å². The molecule has 20 heavy (non-hydrogen) atoms. The fourth-order valence-corrected chi connectivity index (χ4v) is 3.72. The Hall–Kier alpha value is -1.29. The van der Waals surface area contributed by atoms with Gasteiger partial charge in [0.15, 0.2) is 0 Å². The molecule has 0 fully saturated rings. The minimum absolute atomic E-state index is 0.308. The first-order valence-electron chi connectivity index (χ1n) is 5.70. The van der Waals surface area contributed by atoms with Gasteiger partial charge in [0.1, 0.15) is 10.7 Å². The van der Waals surface area contributed by atoms with E-state index in [1.807, 2.05) is 12.2 Å². The van der Waals surface area contributed by atoms with Gasteiger partial charge in [0.25, 0.3) is 0 Å². The minimum atomic E-state index is -4.08. The van der Waals surface area contributed by atoms with Gasteiger partial charge in [-0.2, -0.15) is 0 Å². The van der Waals surface area contributed by atoms with Crippen LogP contribution in [0, 0.1) is 5.82 Å². The maximum atomic E-state index is 13.8. The third-order valence-electron chi connectivity index (χ3n) is 2.85. The molecule has 0 bridgehead atoms. The molecule has 6 nitrogen and oxygen atoms in total. The molecule has 0 atom stereocenters. The highest BCUT2D eigenvalue weighted by Crippen LogP contribution is 2.20. The Labute approximate surface area is 116 Å². The van der Waals surface area contributed by atoms with Crippen molar-refractivity contribution >= 4 is 20.0 Å². The quantitative estimate of drug-likeness (QED) is 0.786. The first-order valence-corrected chi connectivity index (χ1v) is 8.73. The average Bonchev–Trinajstić information content (AvgIpc) is 2.79. The van der Waals surface area contributed by atoms with Crippen LogP contribution < -0.4 is 9.86 Å². The largest absolute Gasteiger partial charge is 0.243 e. The predicted molar refractivity (Wildman–Crippen MR) is 70.3 cm³/mol. The van der Waals surface area contributed by atoms with Crippen molar-refractivity contribution in [1.29, 1.82) is 0 Å². The summed E-state index contributed by atoms with van der Waals surface area (Å²) in [5, 5.41) is 4.85. The predicted octanol–water partition coefficient (Wildman–Crippen LogP) is 0.470. The van der Waals surface area contributed by atoms with Gasteiger partial charge in [0, 0.05) is 6.04 Å². The maximum absolute atomic E-state index is 13.8. The van der Waals surface area contributed by atoms with Crippen LogP contribution in [0.4, 0.5) is 4.39 Å². The Kier molecular flexibility index (Phi) is 3.96. The van der Waals surface area contributed by atoms with Crippen LogP contribution in [0.1, 0.15) is 12.8 Å². The summed E-state index contributed by atoms with van der Waals surface area (Å²) in [7, 11) is -8.11. The molecule has 1 aromatic carbocycles. The van der Waals surface area contributed by atoms with E-state index in [2.05, 4.69) is 4.72 Å². The normalized spacial score (nSPS) is 16.7. The summed E-state index contributed by atoms with van der Waals surface area (Å²) in [4.78, 5) is -1.08. The Balaban J connectivity index is 2.32. The molecule has 0 radical (unpaired) electrons. The zero-order chi connectivity index (χ0) is 15.0. The first-order chi connectivity index (χ1) is 9.20. The van der Waals surface area contributed by atoms with Crippen molar-refractivity contribution in [2.75, 3.05) is 0 Å². The zero-order valence-corrected chi connectivity index (χ0v) is 11.9. The zero-order valence-electron chi connectivity index (χ0n) is 10.3. The Morgan fingerprint density at radius 1 is 1.15 bits per heavy atom. The molecule has 0 unspecified atom stereocenters. The molecule has 0 aliphatic heterocycles. The molecular formula is C11H13FN2O4S2. The maximum Gasteiger partial charge on any atom is 0.243 e. The van der Waals surface area contributed by atoms with Crippen LogP contribution in [-0.4, -0.2) is 22.9 Å². The summed E-state index contributed by atoms with van der Waals surface area (Å²) in [6, 6.07) is 2.13. The van der Waals surface area contributed by atoms with E-state index in [1.165, 1.54) is 0 Å². The van der Waals surface area contributed by atoms with Gasteiger partial charge in [0.2, 0.25) is 20.0 Å². The SMILES string of the molecule is NS(=O)(=O)c1ccc(S(=O)(=O)NC2CC=CC2)c(F)c1. The van der Waals surface area contributed by atoms with Gasteiger partial charge in [0.05, 0.1) is 4.90 Å². The monoisotopic (exact) mass is 320 g/mol. The van der Waals surface area contributed by atoms with Crippen molar-refractivity contribution in [1.82, 2.24) is 4.72 Å². The van der Waals surface area contributed by atoms with Crippen LogP contribution in [0.2, 0.25) is 0 Å². The summed E-state index contributed by atoms with van der Waals surface area (Å²) < 4.78 is 62.3. The molecule has 0 heterocycles. The van der Waals surface area contributed by atoms with Crippen LogP contribution in [0.5, 0.6) is 0 Å². The van der Waals surface area contributed by atoms with Gasteiger partial charge < -0.3 is 0 Å². The van der Waals surface area contributed by atoms with E-state index in [-0.39, 0.29) is 6.04 Å². The topological polar surface area (TPSA) is 106 Å². The Bertz CT molecular complexity index is 749. The molecule has 110 valence electrons. The summed E-state index contributed by atoms with van der Waals surface area (Å²) in [6.07, 6.45) is 4.73. The van der Waals surface area contributed by atoms with E-state index in [9.17, 15) is 21.2 Å². The van der Waals surface area contributed by atoms with Crippen LogP contribution in [0.25, 0.3) is 0 Å². The molecule has 0 saturated heterocycles. The number of primary sulfonamides is 1. The number of nitrogens with two attached hydrogens (primary N) is 1. The second-order valence-corrected chi connectivity index (χ2v) is 7.64. The average molecular weight is 320 g/mol. The second kappa shape index (κ2) is 5.24. The first kappa shape index (κ1) is 15.1. The van der Waals surface area contributed by atoms with Crippen molar-refractivity contribution < 1.29 is 21.2 Å². The summed E-state index contributed by atoms with van der Waals surface area (Å²) >= 11 is 0. The summed E-state index contributed by atoms with van der Waals surface area (Å²) in [5.74, 6) is -1.16. The lowest BCUT2D eigenvalue weighted by Crippen LogP contribution is -2.33.